The van der Waals surface area contributed by atoms with Crippen molar-refractivity contribution < 1.29 is 9.32 Å². The van der Waals surface area contributed by atoms with Gasteiger partial charge in [0.1, 0.15) is 6.04 Å². The third-order valence-electron chi connectivity index (χ3n) is 4.48. The topological polar surface area (TPSA) is 138 Å². The highest BCUT2D eigenvalue weighted by molar-refractivity contribution is 5.79. The minimum Gasteiger partial charge on any atom is -0.337 e. The van der Waals surface area contributed by atoms with Crippen LogP contribution in [0.25, 0.3) is 11.4 Å². The fourth-order valence-corrected chi connectivity index (χ4v) is 3.17. The molecule has 1 aliphatic heterocycles. The van der Waals surface area contributed by atoms with Gasteiger partial charge in [-0.15, -0.1) is 0 Å². The van der Waals surface area contributed by atoms with Crippen molar-refractivity contribution in [3.63, 3.8) is 0 Å². The smallest absolute Gasteiger partial charge is 0.266 e. The summed E-state index contributed by atoms with van der Waals surface area (Å²) in [7, 11) is 0. The van der Waals surface area contributed by atoms with Crippen molar-refractivity contribution in [2.45, 2.75) is 25.3 Å². The van der Waals surface area contributed by atoms with Gasteiger partial charge in [-0.2, -0.15) is 4.98 Å². The van der Waals surface area contributed by atoms with E-state index in [-0.39, 0.29) is 23.9 Å². The average Bonchev–Trinajstić information content (AvgIpc) is 3.34. The lowest BCUT2D eigenvalue weighted by Gasteiger charge is -2.21. The number of H-pyrrole nitrogens is 2. The second-order valence-electron chi connectivity index (χ2n) is 6.23. The Bertz CT molecular complexity index is 1070. The van der Waals surface area contributed by atoms with Gasteiger partial charge in [0.2, 0.25) is 17.6 Å². The fraction of sp³-hybridized carbons (Fsp3) is 0.294. The van der Waals surface area contributed by atoms with Gasteiger partial charge in [-0.05, 0) is 25.0 Å². The Hall–Kier alpha value is -3.56. The first-order valence-corrected chi connectivity index (χ1v) is 8.46. The summed E-state index contributed by atoms with van der Waals surface area (Å²) in [4.78, 5) is 45.9. The lowest BCUT2D eigenvalue weighted by Crippen LogP contribution is -2.34. The van der Waals surface area contributed by atoms with Gasteiger partial charge in [0.05, 0.1) is 6.42 Å². The van der Waals surface area contributed by atoms with E-state index in [4.69, 9.17) is 4.52 Å². The van der Waals surface area contributed by atoms with Crippen LogP contribution in [0.4, 0.5) is 0 Å². The SMILES string of the molecule is O=C(Cc1cc(=O)[nH][nH]c1=O)N1CCC[C@H]1c1nc(-c2ccncc2)no1. The summed E-state index contributed by atoms with van der Waals surface area (Å²) in [5.41, 5.74) is -0.0611. The summed E-state index contributed by atoms with van der Waals surface area (Å²) < 4.78 is 5.38. The molecule has 1 amide bonds. The van der Waals surface area contributed by atoms with E-state index in [9.17, 15) is 14.4 Å². The maximum Gasteiger partial charge on any atom is 0.266 e. The molecule has 2 N–H and O–H groups in total. The molecule has 1 atom stereocenters. The second-order valence-corrected chi connectivity index (χ2v) is 6.23. The molecule has 1 saturated heterocycles. The van der Waals surface area contributed by atoms with Gasteiger partial charge in [0.25, 0.3) is 11.1 Å². The van der Waals surface area contributed by atoms with Crippen LogP contribution in [0, 0.1) is 0 Å². The molecule has 1 fully saturated rings. The van der Waals surface area contributed by atoms with Crippen LogP contribution in [0.15, 0.2) is 44.7 Å². The Kier molecular flexibility index (Phi) is 4.37. The van der Waals surface area contributed by atoms with Gasteiger partial charge < -0.3 is 9.42 Å². The van der Waals surface area contributed by atoms with Gasteiger partial charge in [-0.1, -0.05) is 5.16 Å². The number of hydrogen-bond donors (Lipinski definition) is 2. The predicted molar refractivity (Wildman–Crippen MR) is 92.6 cm³/mol. The molecular formula is C17H16N6O4. The number of likely N-dealkylation sites (tertiary alicyclic amines) is 1. The zero-order valence-electron chi connectivity index (χ0n) is 14.2. The first-order valence-electron chi connectivity index (χ1n) is 8.46. The number of carbonyl (C=O) groups excluding carboxylic acids is 1. The standard InChI is InChI=1S/C17H16N6O4/c24-13-8-11(16(26)21-20-13)9-14(25)23-7-1-2-12(23)17-19-15(22-27-17)10-3-5-18-6-4-10/h3-6,8,12H,1-2,7,9H2,(H,20,24)(H,21,26)/t12-/m0/s1. The van der Waals surface area contributed by atoms with Crippen molar-refractivity contribution in [2.75, 3.05) is 6.54 Å². The first-order chi connectivity index (χ1) is 13.1. The van der Waals surface area contributed by atoms with Crippen molar-refractivity contribution in [3.05, 3.63) is 62.8 Å². The highest BCUT2D eigenvalue weighted by Gasteiger charge is 2.34. The molecule has 0 saturated carbocycles. The molecule has 0 radical (unpaired) electrons. The quantitative estimate of drug-likeness (QED) is 0.680. The Labute approximate surface area is 152 Å². The van der Waals surface area contributed by atoms with E-state index in [0.29, 0.717) is 24.7 Å². The Morgan fingerprint density at radius 3 is 2.89 bits per heavy atom. The van der Waals surface area contributed by atoms with Crippen LogP contribution < -0.4 is 11.1 Å². The Morgan fingerprint density at radius 2 is 2.07 bits per heavy atom. The fourth-order valence-electron chi connectivity index (χ4n) is 3.17. The molecule has 4 rings (SSSR count). The van der Waals surface area contributed by atoms with Crippen LogP contribution in [0.5, 0.6) is 0 Å². The summed E-state index contributed by atoms with van der Waals surface area (Å²) in [6, 6.07) is 4.33. The molecule has 0 aromatic carbocycles. The molecule has 0 bridgehead atoms. The maximum absolute atomic E-state index is 12.7. The lowest BCUT2D eigenvalue weighted by molar-refractivity contribution is -0.131. The van der Waals surface area contributed by atoms with Crippen LogP contribution in [0.2, 0.25) is 0 Å². The molecule has 0 aliphatic carbocycles. The maximum atomic E-state index is 12.7. The summed E-state index contributed by atoms with van der Waals surface area (Å²) in [6.07, 6.45) is 4.58. The first kappa shape index (κ1) is 16.9. The average molecular weight is 368 g/mol. The van der Waals surface area contributed by atoms with E-state index in [0.717, 1.165) is 18.1 Å². The van der Waals surface area contributed by atoms with Crippen molar-refractivity contribution in [1.82, 2.24) is 30.2 Å². The van der Waals surface area contributed by atoms with E-state index in [2.05, 4.69) is 25.3 Å². The van der Waals surface area contributed by atoms with Gasteiger partial charge in [-0.25, -0.2) is 0 Å². The number of aromatic amines is 2. The molecule has 10 nitrogen and oxygen atoms in total. The van der Waals surface area contributed by atoms with Crippen molar-refractivity contribution in [1.29, 1.82) is 0 Å². The van der Waals surface area contributed by atoms with Crippen LogP contribution in [0.1, 0.15) is 30.3 Å². The van der Waals surface area contributed by atoms with Crippen molar-refractivity contribution >= 4 is 5.91 Å². The molecular weight excluding hydrogens is 352 g/mol. The summed E-state index contributed by atoms with van der Waals surface area (Å²) in [5, 5.41) is 8.38. The zero-order valence-corrected chi connectivity index (χ0v) is 14.2. The molecule has 1 aliphatic rings. The third-order valence-corrected chi connectivity index (χ3v) is 4.48. The van der Waals surface area contributed by atoms with E-state index in [1.807, 2.05) is 0 Å². The predicted octanol–water partition coefficient (Wildman–Crippen LogP) is 0.414. The number of amides is 1. The number of carbonyl (C=O) groups is 1. The second kappa shape index (κ2) is 6.98. The normalized spacial score (nSPS) is 16.6. The van der Waals surface area contributed by atoms with Crippen molar-refractivity contribution in [3.8, 4) is 11.4 Å². The minimum atomic E-state index is -0.489. The number of hydrogen-bond acceptors (Lipinski definition) is 7. The molecule has 138 valence electrons. The largest absolute Gasteiger partial charge is 0.337 e. The molecule has 0 unspecified atom stereocenters. The molecule has 10 heteroatoms. The van der Waals surface area contributed by atoms with Gasteiger partial charge >= 0.3 is 0 Å². The van der Waals surface area contributed by atoms with Gasteiger partial charge in [0, 0.05) is 36.1 Å². The monoisotopic (exact) mass is 368 g/mol. The molecule has 0 spiro atoms. The number of rotatable bonds is 4. The number of nitrogens with one attached hydrogen (secondary N) is 2. The third kappa shape index (κ3) is 3.41. The minimum absolute atomic E-state index is 0.123. The number of aromatic nitrogens is 5. The van der Waals surface area contributed by atoms with E-state index in [1.54, 1.807) is 29.4 Å². The van der Waals surface area contributed by atoms with E-state index in [1.165, 1.54) is 0 Å². The number of pyridine rings is 1. The van der Waals surface area contributed by atoms with Crippen molar-refractivity contribution in [2.24, 2.45) is 0 Å². The molecule has 3 aromatic rings. The Balaban J connectivity index is 1.55. The summed E-state index contributed by atoms with van der Waals surface area (Å²) >= 11 is 0. The molecule has 4 heterocycles. The van der Waals surface area contributed by atoms with E-state index >= 15 is 0 Å². The van der Waals surface area contributed by atoms with Gasteiger partial charge in [-0.3, -0.25) is 29.6 Å². The van der Waals surface area contributed by atoms with Crippen LogP contribution in [-0.2, 0) is 11.2 Å². The van der Waals surface area contributed by atoms with Crippen LogP contribution in [-0.4, -0.2) is 42.7 Å². The highest BCUT2D eigenvalue weighted by Crippen LogP contribution is 2.32. The molecule has 3 aromatic heterocycles. The summed E-state index contributed by atoms with van der Waals surface area (Å²) in [6.45, 7) is 0.525. The zero-order chi connectivity index (χ0) is 18.8. The highest BCUT2D eigenvalue weighted by atomic mass is 16.5. The lowest BCUT2D eigenvalue weighted by atomic mass is 10.1. The summed E-state index contributed by atoms with van der Waals surface area (Å²) in [5.74, 6) is 0.516. The van der Waals surface area contributed by atoms with E-state index < -0.39 is 11.1 Å². The van der Waals surface area contributed by atoms with Gasteiger partial charge in [0.15, 0.2) is 0 Å². The van der Waals surface area contributed by atoms with Crippen LogP contribution in [0.3, 0.4) is 0 Å². The van der Waals surface area contributed by atoms with Crippen LogP contribution >= 0.6 is 0 Å². The number of nitrogens with zero attached hydrogens (tertiary/aromatic N) is 4. The molecule has 27 heavy (non-hydrogen) atoms. The Morgan fingerprint density at radius 1 is 1.26 bits per heavy atom.